The van der Waals surface area contributed by atoms with Crippen LogP contribution in [0.4, 0.5) is 4.39 Å². The molecule has 2 fully saturated rings. The number of halogens is 1. The molecule has 45 heavy (non-hydrogen) atoms. The zero-order valence-corrected chi connectivity index (χ0v) is 25.3. The van der Waals surface area contributed by atoms with Crippen molar-refractivity contribution in [1.29, 1.82) is 5.26 Å². The highest BCUT2D eigenvalue weighted by Gasteiger charge is 2.38. The third-order valence-corrected chi connectivity index (χ3v) is 10.1. The molecule has 6 rings (SSSR count). The van der Waals surface area contributed by atoms with Crippen LogP contribution in [0.5, 0.6) is 5.75 Å². The number of carbonyl (C=O) groups is 1. The second kappa shape index (κ2) is 12.8. The van der Waals surface area contributed by atoms with E-state index in [0.717, 1.165) is 32.6 Å². The molecule has 3 aromatic carbocycles. The highest BCUT2D eigenvalue weighted by atomic mass is 32.2. The van der Waals surface area contributed by atoms with Crippen molar-refractivity contribution in [3.8, 4) is 11.8 Å². The van der Waals surface area contributed by atoms with Crippen LogP contribution < -0.4 is 15.7 Å². The average molecular weight is 633 g/mol. The molecule has 2 aliphatic rings. The summed E-state index contributed by atoms with van der Waals surface area (Å²) >= 11 is 0. The number of nitrogens with zero attached hydrogens (tertiary/aromatic N) is 5. The van der Waals surface area contributed by atoms with E-state index in [1.807, 2.05) is 0 Å². The minimum Gasteiger partial charge on any atom is -0.491 e. The van der Waals surface area contributed by atoms with Crippen molar-refractivity contribution in [2.45, 2.75) is 23.4 Å². The summed E-state index contributed by atoms with van der Waals surface area (Å²) in [5.74, 6) is -0.0476. The number of rotatable bonds is 9. The van der Waals surface area contributed by atoms with E-state index in [1.54, 1.807) is 35.2 Å². The van der Waals surface area contributed by atoms with E-state index in [-0.39, 0.29) is 45.8 Å². The molecular weight excluding hydrogens is 599 g/mol. The van der Waals surface area contributed by atoms with Gasteiger partial charge in [0.15, 0.2) is 0 Å². The molecule has 234 valence electrons. The molecule has 0 spiro atoms. The maximum Gasteiger partial charge on any atom is 0.344 e. The predicted molar refractivity (Wildman–Crippen MR) is 165 cm³/mol. The van der Waals surface area contributed by atoms with Crippen molar-refractivity contribution in [3.63, 3.8) is 0 Å². The molecule has 1 amide bonds. The first kappa shape index (κ1) is 30.5. The number of likely N-dealkylation sites (tertiary alicyclic amines) is 1. The molecule has 3 heterocycles. The first-order valence-corrected chi connectivity index (χ1v) is 16.3. The number of hydrogen-bond donors (Lipinski definition) is 1. The Hall–Kier alpha value is -4.51. The third-order valence-electron chi connectivity index (χ3n) is 8.42. The van der Waals surface area contributed by atoms with Crippen molar-refractivity contribution in [2.24, 2.45) is 0 Å². The van der Waals surface area contributed by atoms with E-state index in [1.165, 1.54) is 47.0 Å². The summed E-state index contributed by atoms with van der Waals surface area (Å²) in [6, 6.07) is 19.5. The Bertz CT molecular complexity index is 1900. The van der Waals surface area contributed by atoms with Crippen molar-refractivity contribution in [1.82, 2.24) is 23.7 Å². The normalized spacial score (nSPS) is 18.1. The van der Waals surface area contributed by atoms with Gasteiger partial charge in [-0.15, -0.1) is 0 Å². The van der Waals surface area contributed by atoms with Crippen molar-refractivity contribution in [3.05, 3.63) is 94.4 Å². The van der Waals surface area contributed by atoms with Gasteiger partial charge in [0.2, 0.25) is 0 Å². The maximum absolute atomic E-state index is 14.4. The van der Waals surface area contributed by atoms with Gasteiger partial charge in [0, 0.05) is 45.3 Å². The SMILES string of the molecule is N#Cc1ccc2c(c1)n(C(C(=O)N1CC[C@H](N3CCNCC3)C1)c1ccccc1)c(=O)n2S(=O)(=O)c1ccc(OCCF)cc1. The van der Waals surface area contributed by atoms with Gasteiger partial charge in [-0.3, -0.25) is 14.3 Å². The number of imidazole rings is 1. The lowest BCUT2D eigenvalue weighted by Crippen LogP contribution is -2.49. The van der Waals surface area contributed by atoms with Gasteiger partial charge in [0.1, 0.15) is 25.1 Å². The monoisotopic (exact) mass is 632 g/mol. The van der Waals surface area contributed by atoms with Gasteiger partial charge < -0.3 is 15.0 Å². The summed E-state index contributed by atoms with van der Waals surface area (Å²) in [4.78, 5) is 32.8. The molecule has 2 saturated heterocycles. The number of fused-ring (bicyclic) bond motifs is 1. The Morgan fingerprint density at radius 3 is 2.44 bits per heavy atom. The van der Waals surface area contributed by atoms with Crippen molar-refractivity contribution in [2.75, 3.05) is 52.6 Å². The molecule has 11 nitrogen and oxygen atoms in total. The summed E-state index contributed by atoms with van der Waals surface area (Å²) in [6.45, 7) is 3.66. The van der Waals surface area contributed by atoms with E-state index in [2.05, 4.69) is 16.3 Å². The molecular formula is C32H33FN6O5S. The first-order valence-electron chi connectivity index (χ1n) is 14.8. The molecule has 0 radical (unpaired) electrons. The molecule has 1 unspecified atom stereocenters. The zero-order valence-electron chi connectivity index (χ0n) is 24.5. The van der Waals surface area contributed by atoms with E-state index in [0.29, 0.717) is 22.6 Å². The van der Waals surface area contributed by atoms with Crippen molar-refractivity contribution < 1.29 is 22.3 Å². The first-order chi connectivity index (χ1) is 21.8. The van der Waals surface area contributed by atoms with Crippen LogP contribution in [0.3, 0.4) is 0 Å². The summed E-state index contributed by atoms with van der Waals surface area (Å²) in [7, 11) is -4.48. The number of carbonyl (C=O) groups excluding carboxylic acids is 1. The summed E-state index contributed by atoms with van der Waals surface area (Å²) in [5, 5.41) is 13.0. The van der Waals surface area contributed by atoms with E-state index < -0.39 is 28.4 Å². The van der Waals surface area contributed by atoms with Crippen molar-refractivity contribution >= 4 is 27.0 Å². The molecule has 2 atom stereocenters. The molecule has 0 aliphatic carbocycles. The lowest BCUT2D eigenvalue weighted by atomic mass is 10.0. The van der Waals surface area contributed by atoms with Crippen LogP contribution in [0.15, 0.2) is 82.5 Å². The highest BCUT2D eigenvalue weighted by Crippen LogP contribution is 2.30. The number of benzene rings is 3. The van der Waals surface area contributed by atoms with E-state index >= 15 is 0 Å². The van der Waals surface area contributed by atoms with Crippen LogP contribution in [-0.4, -0.2) is 91.3 Å². The van der Waals surface area contributed by atoms with Crippen LogP contribution in [0.25, 0.3) is 11.0 Å². The Labute approximate surface area is 260 Å². The van der Waals surface area contributed by atoms with Gasteiger partial charge in [-0.25, -0.2) is 17.6 Å². The van der Waals surface area contributed by atoms with Crippen LogP contribution in [0, 0.1) is 11.3 Å². The summed E-state index contributed by atoms with van der Waals surface area (Å²) in [6.07, 6.45) is 0.794. The van der Waals surface area contributed by atoms with E-state index in [9.17, 15) is 27.7 Å². The quantitative estimate of drug-likeness (QED) is 0.298. The summed E-state index contributed by atoms with van der Waals surface area (Å²) in [5.41, 5.74) is -0.0307. The fourth-order valence-corrected chi connectivity index (χ4v) is 7.61. The average Bonchev–Trinajstić information content (AvgIpc) is 3.68. The molecule has 1 aromatic heterocycles. The Balaban J connectivity index is 1.47. The largest absolute Gasteiger partial charge is 0.491 e. The lowest BCUT2D eigenvalue weighted by Gasteiger charge is -2.33. The smallest absolute Gasteiger partial charge is 0.344 e. The lowest BCUT2D eigenvalue weighted by molar-refractivity contribution is -0.132. The van der Waals surface area contributed by atoms with Gasteiger partial charge in [0.05, 0.1) is 27.6 Å². The predicted octanol–water partition coefficient (Wildman–Crippen LogP) is 2.36. The molecule has 13 heteroatoms. The van der Waals surface area contributed by atoms with Gasteiger partial charge in [0.25, 0.3) is 15.9 Å². The number of hydrogen-bond acceptors (Lipinski definition) is 8. The fourth-order valence-electron chi connectivity index (χ4n) is 6.21. The molecule has 0 bridgehead atoms. The third kappa shape index (κ3) is 5.84. The van der Waals surface area contributed by atoms with Crippen LogP contribution in [0.1, 0.15) is 23.6 Å². The maximum atomic E-state index is 14.4. The fraction of sp³-hybridized carbons (Fsp3) is 0.344. The number of piperazine rings is 1. The van der Waals surface area contributed by atoms with Gasteiger partial charge >= 0.3 is 5.69 Å². The molecule has 0 saturated carbocycles. The topological polar surface area (TPSA) is 130 Å². The number of amides is 1. The highest BCUT2D eigenvalue weighted by molar-refractivity contribution is 7.90. The number of aromatic nitrogens is 2. The Morgan fingerprint density at radius 1 is 1.02 bits per heavy atom. The number of ether oxygens (including phenoxy) is 1. The second-order valence-corrected chi connectivity index (χ2v) is 12.9. The number of nitrogens with one attached hydrogen (secondary N) is 1. The second-order valence-electron chi connectivity index (χ2n) is 11.1. The Kier molecular flexibility index (Phi) is 8.71. The van der Waals surface area contributed by atoms with Crippen LogP contribution >= 0.6 is 0 Å². The summed E-state index contributed by atoms with van der Waals surface area (Å²) < 4.78 is 47.7. The minimum absolute atomic E-state index is 0.0330. The number of alkyl halides is 1. The Morgan fingerprint density at radius 2 is 1.76 bits per heavy atom. The van der Waals surface area contributed by atoms with Gasteiger partial charge in [-0.05, 0) is 54.4 Å². The van der Waals surface area contributed by atoms with Crippen LogP contribution in [-0.2, 0) is 14.8 Å². The molecule has 4 aromatic rings. The van der Waals surface area contributed by atoms with Gasteiger partial charge in [-0.1, -0.05) is 30.3 Å². The zero-order chi connectivity index (χ0) is 31.6. The molecule has 1 N–H and O–H groups in total. The van der Waals surface area contributed by atoms with Gasteiger partial charge in [-0.2, -0.15) is 9.23 Å². The number of nitriles is 1. The van der Waals surface area contributed by atoms with Crippen LogP contribution in [0.2, 0.25) is 0 Å². The molecule has 2 aliphatic heterocycles. The standard InChI is InChI=1S/C32H33FN6O5S/c33-13-19-44-26-7-9-27(10-8-26)45(42,43)39-28-11-6-23(21-34)20-29(28)38(32(39)41)30(24-4-2-1-3-5-24)31(40)37-16-12-25(22-37)36-17-14-35-15-18-36/h1-11,20,25,30,35H,12-19,22H2/t25-,30?/m0/s1. The van der Waals surface area contributed by atoms with E-state index in [4.69, 9.17) is 4.74 Å². The minimum atomic E-state index is -4.48.